The normalized spacial score (nSPS) is 13.2. The zero-order valence-electron chi connectivity index (χ0n) is 10.2. The molecule has 1 rings (SSSR count). The van der Waals surface area contributed by atoms with Gasteiger partial charge in [0, 0.05) is 6.42 Å². The largest absolute Gasteiger partial charge is 0.497 e. The Balaban J connectivity index is 2.74. The monoisotopic (exact) mass is 228 g/mol. The van der Waals surface area contributed by atoms with Crippen LogP contribution in [0.5, 0.6) is 5.75 Å². The van der Waals surface area contributed by atoms with Crippen LogP contribution in [0, 0.1) is 23.7 Å². The van der Waals surface area contributed by atoms with E-state index in [0.717, 1.165) is 11.3 Å². The van der Waals surface area contributed by atoms with Gasteiger partial charge in [-0.3, -0.25) is 5.32 Å². The molecule has 0 bridgehead atoms. The number of benzene rings is 1. The highest BCUT2D eigenvalue weighted by molar-refractivity contribution is 5.29. The molecule has 0 radical (unpaired) electrons. The van der Waals surface area contributed by atoms with E-state index in [0.29, 0.717) is 13.0 Å². The Bertz CT molecular complexity index is 439. The smallest absolute Gasteiger partial charge is 0.118 e. The summed E-state index contributed by atoms with van der Waals surface area (Å²) in [7, 11) is 1.63. The molecule has 1 aromatic rings. The first-order valence-corrected chi connectivity index (χ1v) is 5.36. The van der Waals surface area contributed by atoms with Gasteiger partial charge in [-0.15, -0.1) is 6.42 Å². The molecule has 3 nitrogen and oxygen atoms in total. The molecule has 17 heavy (non-hydrogen) atoms. The number of hydrogen-bond acceptors (Lipinski definition) is 3. The van der Waals surface area contributed by atoms with Gasteiger partial charge in [0.15, 0.2) is 0 Å². The highest BCUT2D eigenvalue weighted by atomic mass is 16.5. The molecule has 0 saturated heterocycles. The van der Waals surface area contributed by atoms with Gasteiger partial charge in [-0.25, -0.2) is 0 Å². The predicted molar refractivity (Wildman–Crippen MR) is 67.6 cm³/mol. The predicted octanol–water partition coefficient (Wildman–Crippen LogP) is 1.74. The van der Waals surface area contributed by atoms with Crippen LogP contribution in [0.1, 0.15) is 12.5 Å². The van der Waals surface area contributed by atoms with Crippen LogP contribution >= 0.6 is 0 Å². The lowest BCUT2D eigenvalue weighted by molar-refractivity contribution is 0.414. The maximum absolute atomic E-state index is 9.17. The van der Waals surface area contributed by atoms with E-state index < -0.39 is 5.54 Å². The average Bonchev–Trinajstić information content (AvgIpc) is 2.37. The summed E-state index contributed by atoms with van der Waals surface area (Å²) in [5, 5.41) is 12.2. The zero-order chi connectivity index (χ0) is 12.7. The van der Waals surface area contributed by atoms with E-state index >= 15 is 0 Å². The van der Waals surface area contributed by atoms with Crippen molar-refractivity contribution in [1.29, 1.82) is 5.26 Å². The molecule has 3 heteroatoms. The van der Waals surface area contributed by atoms with Crippen molar-refractivity contribution >= 4 is 0 Å². The first-order valence-electron chi connectivity index (χ1n) is 5.36. The summed E-state index contributed by atoms with van der Waals surface area (Å²) in [6.45, 7) is 2.23. The standard InChI is InChI=1S/C14H16N2O/c1-4-9-16-14(2,11-15)10-12-5-7-13(17-3)8-6-12/h1,5-8,16H,9-10H2,2-3H3. The fraction of sp³-hybridized carbons (Fsp3) is 0.357. The topological polar surface area (TPSA) is 45.0 Å². The summed E-state index contributed by atoms with van der Waals surface area (Å²) in [6, 6.07) is 9.92. The van der Waals surface area contributed by atoms with E-state index in [4.69, 9.17) is 16.4 Å². The molecular weight excluding hydrogens is 212 g/mol. The summed E-state index contributed by atoms with van der Waals surface area (Å²) < 4.78 is 5.08. The van der Waals surface area contributed by atoms with E-state index in [1.54, 1.807) is 7.11 Å². The van der Waals surface area contributed by atoms with Gasteiger partial charge in [0.25, 0.3) is 0 Å². The van der Waals surface area contributed by atoms with Crippen LogP contribution in [0.15, 0.2) is 24.3 Å². The molecular formula is C14H16N2O. The third kappa shape index (κ3) is 3.83. The summed E-state index contributed by atoms with van der Waals surface area (Å²) in [5.41, 5.74) is 0.431. The molecule has 0 aromatic heterocycles. The second-order valence-electron chi connectivity index (χ2n) is 4.03. The molecule has 0 saturated carbocycles. The van der Waals surface area contributed by atoms with E-state index in [2.05, 4.69) is 17.3 Å². The van der Waals surface area contributed by atoms with E-state index in [1.807, 2.05) is 31.2 Å². The Labute approximate surface area is 102 Å². The van der Waals surface area contributed by atoms with Crippen LogP contribution in [0.25, 0.3) is 0 Å². The van der Waals surface area contributed by atoms with Crippen LogP contribution in [-0.2, 0) is 6.42 Å². The van der Waals surface area contributed by atoms with Gasteiger partial charge >= 0.3 is 0 Å². The molecule has 0 amide bonds. The molecule has 0 aliphatic rings. The lowest BCUT2D eigenvalue weighted by Gasteiger charge is -2.22. The fourth-order valence-corrected chi connectivity index (χ4v) is 1.54. The number of hydrogen-bond donors (Lipinski definition) is 1. The number of methoxy groups -OCH3 is 1. The van der Waals surface area contributed by atoms with Crippen LogP contribution in [0.2, 0.25) is 0 Å². The van der Waals surface area contributed by atoms with Crippen LogP contribution in [-0.4, -0.2) is 19.2 Å². The molecule has 1 atom stereocenters. The zero-order valence-corrected chi connectivity index (χ0v) is 10.2. The first-order chi connectivity index (χ1) is 8.13. The van der Waals surface area contributed by atoms with Gasteiger partial charge in [0.2, 0.25) is 0 Å². The molecule has 0 aliphatic carbocycles. The van der Waals surface area contributed by atoms with Gasteiger partial charge < -0.3 is 4.74 Å². The van der Waals surface area contributed by atoms with Crippen LogP contribution in [0.4, 0.5) is 0 Å². The van der Waals surface area contributed by atoms with Gasteiger partial charge in [0.1, 0.15) is 11.3 Å². The molecule has 0 fully saturated rings. The maximum atomic E-state index is 9.17. The molecule has 0 spiro atoms. The maximum Gasteiger partial charge on any atom is 0.118 e. The number of ether oxygens (including phenoxy) is 1. The molecule has 0 heterocycles. The SMILES string of the molecule is C#CCNC(C)(C#N)Cc1ccc(OC)cc1. The van der Waals surface area contributed by atoms with Crippen molar-refractivity contribution in [3.8, 4) is 24.2 Å². The Morgan fingerprint density at radius 3 is 2.53 bits per heavy atom. The number of nitrogens with zero attached hydrogens (tertiary/aromatic N) is 1. The molecule has 0 aliphatic heterocycles. The summed E-state index contributed by atoms with van der Waals surface area (Å²) >= 11 is 0. The lowest BCUT2D eigenvalue weighted by atomic mass is 9.94. The Morgan fingerprint density at radius 1 is 1.41 bits per heavy atom. The number of nitriles is 1. The van der Waals surface area contributed by atoms with Crippen molar-refractivity contribution in [2.24, 2.45) is 0 Å². The Kier molecular flexibility index (Phi) is 4.57. The van der Waals surface area contributed by atoms with Gasteiger partial charge in [-0.2, -0.15) is 5.26 Å². The van der Waals surface area contributed by atoms with E-state index in [-0.39, 0.29) is 0 Å². The van der Waals surface area contributed by atoms with Crippen molar-refractivity contribution in [2.45, 2.75) is 18.9 Å². The number of nitrogens with one attached hydrogen (secondary N) is 1. The van der Waals surface area contributed by atoms with Gasteiger partial charge in [-0.05, 0) is 24.6 Å². The second kappa shape index (κ2) is 5.94. The Morgan fingerprint density at radius 2 is 2.06 bits per heavy atom. The first kappa shape index (κ1) is 13.1. The minimum Gasteiger partial charge on any atom is -0.497 e. The lowest BCUT2D eigenvalue weighted by Crippen LogP contribution is -2.43. The third-order valence-electron chi connectivity index (χ3n) is 2.54. The van der Waals surface area contributed by atoms with Crippen molar-refractivity contribution < 1.29 is 4.74 Å². The van der Waals surface area contributed by atoms with Crippen molar-refractivity contribution in [3.63, 3.8) is 0 Å². The van der Waals surface area contributed by atoms with Crippen LogP contribution < -0.4 is 10.1 Å². The minimum absolute atomic E-state index is 0.389. The van der Waals surface area contributed by atoms with Crippen molar-refractivity contribution in [1.82, 2.24) is 5.32 Å². The Hall–Kier alpha value is -1.97. The number of rotatable bonds is 5. The number of terminal acetylenes is 1. The summed E-state index contributed by atoms with van der Waals surface area (Å²) in [6.07, 6.45) is 5.79. The molecule has 1 N–H and O–H groups in total. The van der Waals surface area contributed by atoms with Crippen LogP contribution in [0.3, 0.4) is 0 Å². The molecule has 88 valence electrons. The summed E-state index contributed by atoms with van der Waals surface area (Å²) in [5.74, 6) is 3.29. The average molecular weight is 228 g/mol. The van der Waals surface area contributed by atoms with Gasteiger partial charge in [0.05, 0.1) is 19.7 Å². The van der Waals surface area contributed by atoms with E-state index in [1.165, 1.54) is 0 Å². The highest BCUT2D eigenvalue weighted by Crippen LogP contribution is 2.16. The molecule has 1 unspecified atom stereocenters. The highest BCUT2D eigenvalue weighted by Gasteiger charge is 2.22. The van der Waals surface area contributed by atoms with E-state index in [9.17, 15) is 0 Å². The minimum atomic E-state index is -0.638. The fourth-order valence-electron chi connectivity index (χ4n) is 1.54. The molecule has 1 aromatic carbocycles. The van der Waals surface area contributed by atoms with Gasteiger partial charge in [-0.1, -0.05) is 18.1 Å². The van der Waals surface area contributed by atoms with Crippen molar-refractivity contribution in [3.05, 3.63) is 29.8 Å². The quantitative estimate of drug-likeness (QED) is 0.781. The third-order valence-corrected chi connectivity index (χ3v) is 2.54. The van der Waals surface area contributed by atoms with Crippen molar-refractivity contribution in [2.75, 3.05) is 13.7 Å². The second-order valence-corrected chi connectivity index (χ2v) is 4.03. The summed E-state index contributed by atoms with van der Waals surface area (Å²) in [4.78, 5) is 0.